The third-order valence-electron chi connectivity index (χ3n) is 4.47. The van der Waals surface area contributed by atoms with Crippen LogP contribution in [0.4, 0.5) is 0 Å². The molecule has 2 heteroatoms. The van der Waals surface area contributed by atoms with Crippen molar-refractivity contribution in [2.24, 2.45) is 0 Å². The summed E-state index contributed by atoms with van der Waals surface area (Å²) in [6.07, 6.45) is 3.48. The normalized spacial score (nSPS) is 16.4. The van der Waals surface area contributed by atoms with Gasteiger partial charge in [-0.2, -0.15) is 0 Å². The van der Waals surface area contributed by atoms with Crippen LogP contribution in [0.5, 0.6) is 0 Å². The fourth-order valence-corrected chi connectivity index (χ4v) is 2.83. The van der Waals surface area contributed by atoms with Crippen molar-refractivity contribution >= 4 is 0 Å². The molecule has 108 valence electrons. The molecule has 1 N–H and O–H groups in total. The number of hydrogen-bond acceptors (Lipinski definition) is 2. The van der Waals surface area contributed by atoms with Gasteiger partial charge in [0, 0.05) is 5.54 Å². The quantitative estimate of drug-likeness (QED) is 0.807. The third-order valence-corrected chi connectivity index (χ3v) is 4.47. The fraction of sp³-hybridized carbons (Fsp3) is 0.647. The van der Waals surface area contributed by atoms with Gasteiger partial charge in [0.1, 0.15) is 0 Å². The van der Waals surface area contributed by atoms with Gasteiger partial charge in [0.2, 0.25) is 0 Å². The minimum Gasteiger partial charge on any atom is -0.311 e. The van der Waals surface area contributed by atoms with E-state index in [2.05, 4.69) is 76.4 Å². The number of aryl methyl sites for hydroxylation is 1. The van der Waals surface area contributed by atoms with Gasteiger partial charge < -0.3 is 10.2 Å². The molecular weight excluding hydrogens is 232 g/mol. The van der Waals surface area contributed by atoms with Crippen molar-refractivity contribution in [1.82, 2.24) is 10.2 Å². The number of rotatable bonds is 7. The standard InChI is InChI=1S/C17H30N2/c1-7-10-14-11-9-12-15(13-14)16(18-4)17(3,8-2)19(5)6/h9,11-13,16,18H,7-8,10H2,1-6H3. The van der Waals surface area contributed by atoms with Gasteiger partial charge in [-0.05, 0) is 52.0 Å². The SMILES string of the molecule is CCCc1cccc(C(NC)C(C)(CC)N(C)C)c1. The molecular formula is C17H30N2. The van der Waals surface area contributed by atoms with Crippen LogP contribution >= 0.6 is 0 Å². The minimum atomic E-state index is 0.125. The molecule has 0 amide bonds. The number of likely N-dealkylation sites (N-methyl/N-ethyl adjacent to an activating group) is 2. The van der Waals surface area contributed by atoms with E-state index in [1.165, 1.54) is 17.5 Å². The highest BCUT2D eigenvalue weighted by Crippen LogP contribution is 2.32. The van der Waals surface area contributed by atoms with Crippen molar-refractivity contribution in [3.05, 3.63) is 35.4 Å². The molecule has 1 aromatic carbocycles. The first-order valence-electron chi connectivity index (χ1n) is 7.43. The largest absolute Gasteiger partial charge is 0.311 e. The van der Waals surface area contributed by atoms with Crippen molar-refractivity contribution < 1.29 is 0 Å². The van der Waals surface area contributed by atoms with Crippen LogP contribution in [0.25, 0.3) is 0 Å². The van der Waals surface area contributed by atoms with Gasteiger partial charge in [0.05, 0.1) is 6.04 Å². The summed E-state index contributed by atoms with van der Waals surface area (Å²) in [5.41, 5.74) is 2.96. The topological polar surface area (TPSA) is 15.3 Å². The Hall–Kier alpha value is -0.860. The molecule has 0 aliphatic rings. The smallest absolute Gasteiger partial charge is 0.0501 e. The predicted molar refractivity (Wildman–Crippen MR) is 84.6 cm³/mol. The Morgan fingerprint density at radius 1 is 1.26 bits per heavy atom. The van der Waals surface area contributed by atoms with Crippen molar-refractivity contribution in [3.63, 3.8) is 0 Å². The van der Waals surface area contributed by atoms with Crippen LogP contribution in [-0.2, 0) is 6.42 Å². The summed E-state index contributed by atoms with van der Waals surface area (Å²) in [5.74, 6) is 0. The Morgan fingerprint density at radius 3 is 2.42 bits per heavy atom. The molecule has 0 fully saturated rings. The lowest BCUT2D eigenvalue weighted by molar-refractivity contribution is 0.117. The second kappa shape index (κ2) is 7.06. The van der Waals surface area contributed by atoms with E-state index in [-0.39, 0.29) is 5.54 Å². The second-order valence-corrected chi connectivity index (χ2v) is 5.82. The van der Waals surface area contributed by atoms with E-state index in [0.29, 0.717) is 6.04 Å². The molecule has 2 unspecified atom stereocenters. The van der Waals surface area contributed by atoms with Crippen LogP contribution in [0.2, 0.25) is 0 Å². The Bertz CT molecular complexity index is 387. The van der Waals surface area contributed by atoms with Crippen molar-refractivity contribution in [2.45, 2.75) is 51.6 Å². The Balaban J connectivity index is 3.11. The Labute approximate surface area is 119 Å². The zero-order valence-electron chi connectivity index (χ0n) is 13.5. The Kier molecular flexibility index (Phi) is 6.02. The van der Waals surface area contributed by atoms with Gasteiger partial charge in [0.15, 0.2) is 0 Å². The molecule has 0 spiro atoms. The summed E-state index contributed by atoms with van der Waals surface area (Å²) in [6, 6.07) is 9.39. The maximum atomic E-state index is 3.52. The highest BCUT2D eigenvalue weighted by molar-refractivity contribution is 5.28. The van der Waals surface area contributed by atoms with Gasteiger partial charge in [-0.1, -0.05) is 44.5 Å². The van der Waals surface area contributed by atoms with E-state index in [9.17, 15) is 0 Å². The highest BCUT2D eigenvalue weighted by Gasteiger charge is 2.34. The lowest BCUT2D eigenvalue weighted by atomic mass is 9.83. The summed E-state index contributed by atoms with van der Waals surface area (Å²) in [6.45, 7) is 6.83. The number of hydrogen-bond donors (Lipinski definition) is 1. The van der Waals surface area contributed by atoms with E-state index < -0.39 is 0 Å². The maximum Gasteiger partial charge on any atom is 0.0501 e. The highest BCUT2D eigenvalue weighted by atomic mass is 15.2. The van der Waals surface area contributed by atoms with E-state index in [1.54, 1.807) is 0 Å². The molecule has 1 rings (SSSR count). The number of nitrogens with one attached hydrogen (secondary N) is 1. The first kappa shape index (κ1) is 16.2. The van der Waals surface area contributed by atoms with Crippen LogP contribution in [0.1, 0.15) is 50.8 Å². The average Bonchev–Trinajstić information content (AvgIpc) is 2.40. The molecule has 0 radical (unpaired) electrons. The van der Waals surface area contributed by atoms with Gasteiger partial charge in [-0.3, -0.25) is 0 Å². The van der Waals surface area contributed by atoms with Crippen LogP contribution < -0.4 is 5.32 Å². The molecule has 0 aliphatic heterocycles. The van der Waals surface area contributed by atoms with Crippen molar-refractivity contribution in [3.8, 4) is 0 Å². The van der Waals surface area contributed by atoms with Crippen LogP contribution in [0, 0.1) is 0 Å². The minimum absolute atomic E-state index is 0.125. The Morgan fingerprint density at radius 2 is 1.95 bits per heavy atom. The third kappa shape index (κ3) is 3.58. The van der Waals surface area contributed by atoms with Crippen LogP contribution in [0.15, 0.2) is 24.3 Å². The van der Waals surface area contributed by atoms with Gasteiger partial charge in [-0.15, -0.1) is 0 Å². The van der Waals surface area contributed by atoms with E-state index in [4.69, 9.17) is 0 Å². The number of nitrogens with zero attached hydrogens (tertiary/aromatic N) is 1. The first-order valence-corrected chi connectivity index (χ1v) is 7.43. The van der Waals surface area contributed by atoms with E-state index in [1.807, 2.05) is 0 Å². The summed E-state index contributed by atoms with van der Waals surface area (Å²) in [4.78, 5) is 2.33. The predicted octanol–water partition coefficient (Wildman–Crippen LogP) is 3.63. The maximum absolute atomic E-state index is 3.52. The monoisotopic (exact) mass is 262 g/mol. The molecule has 2 nitrogen and oxygen atoms in total. The zero-order valence-corrected chi connectivity index (χ0v) is 13.5. The summed E-state index contributed by atoms with van der Waals surface area (Å²) in [7, 11) is 6.40. The first-order chi connectivity index (χ1) is 8.99. The van der Waals surface area contributed by atoms with Crippen LogP contribution in [0.3, 0.4) is 0 Å². The molecule has 0 bridgehead atoms. The molecule has 0 heterocycles. The molecule has 0 saturated heterocycles. The lowest BCUT2D eigenvalue weighted by Crippen LogP contribution is -2.50. The molecule has 0 saturated carbocycles. The molecule has 2 atom stereocenters. The van der Waals surface area contributed by atoms with Crippen molar-refractivity contribution in [1.29, 1.82) is 0 Å². The van der Waals surface area contributed by atoms with Crippen molar-refractivity contribution in [2.75, 3.05) is 21.1 Å². The lowest BCUT2D eigenvalue weighted by Gasteiger charge is -2.43. The molecule has 0 aromatic heterocycles. The van der Waals surface area contributed by atoms with E-state index in [0.717, 1.165) is 12.8 Å². The summed E-state index contributed by atoms with van der Waals surface area (Å²) >= 11 is 0. The van der Waals surface area contributed by atoms with Gasteiger partial charge in [0.25, 0.3) is 0 Å². The average molecular weight is 262 g/mol. The fourth-order valence-electron chi connectivity index (χ4n) is 2.83. The molecule has 19 heavy (non-hydrogen) atoms. The second-order valence-electron chi connectivity index (χ2n) is 5.82. The zero-order chi connectivity index (χ0) is 14.5. The van der Waals surface area contributed by atoms with Gasteiger partial charge in [-0.25, -0.2) is 0 Å². The number of benzene rings is 1. The molecule has 0 aliphatic carbocycles. The van der Waals surface area contributed by atoms with Gasteiger partial charge >= 0.3 is 0 Å². The summed E-state index contributed by atoms with van der Waals surface area (Å²) in [5, 5.41) is 3.52. The van der Waals surface area contributed by atoms with E-state index >= 15 is 0 Å². The summed E-state index contributed by atoms with van der Waals surface area (Å²) < 4.78 is 0. The van der Waals surface area contributed by atoms with Crippen LogP contribution in [-0.4, -0.2) is 31.6 Å². The molecule has 1 aromatic rings.